The van der Waals surface area contributed by atoms with Gasteiger partial charge in [-0.05, 0) is 23.8 Å². The topological polar surface area (TPSA) is 93.5 Å². The first-order valence-electron chi connectivity index (χ1n) is 5.59. The third-order valence-electron chi connectivity index (χ3n) is 2.99. The van der Waals surface area contributed by atoms with Crippen molar-refractivity contribution in [1.29, 1.82) is 0 Å². The Morgan fingerprint density at radius 3 is 2.58 bits per heavy atom. The van der Waals surface area contributed by atoms with Crippen molar-refractivity contribution < 1.29 is 14.5 Å². The molecule has 2 rings (SSSR count). The molecule has 0 spiro atoms. The van der Waals surface area contributed by atoms with Crippen LogP contribution < -0.4 is 10.9 Å². The summed E-state index contributed by atoms with van der Waals surface area (Å²) >= 11 is 0. The first-order chi connectivity index (χ1) is 9.07. The zero-order valence-corrected chi connectivity index (χ0v) is 10.3. The summed E-state index contributed by atoms with van der Waals surface area (Å²) in [5.74, 6) is -0.376. The number of ether oxygens (including phenoxy) is 1. The number of nitrogens with zero attached hydrogens (tertiary/aromatic N) is 1. The molecule has 1 aliphatic rings. The van der Waals surface area contributed by atoms with Gasteiger partial charge in [-0.25, -0.2) is 5.43 Å². The molecule has 7 heteroatoms. The molecule has 0 radical (unpaired) electrons. The number of methoxy groups -OCH3 is 1. The fraction of sp³-hybridized carbons (Fsp3) is 0.250. The number of hydrogen-bond acceptors (Lipinski definition) is 6. The number of non-ortho nitro benzene ring substituents is 1. The number of carbonyl (C=O) groups excluding carboxylic acids is 1. The quantitative estimate of drug-likeness (QED) is 0.477. The SMILES string of the molecule is COC(=O)CC1(c2ccc([N+](=O)[O-])cc2)C=CNN1. The Balaban J connectivity index is 2.31. The highest BCUT2D eigenvalue weighted by atomic mass is 16.6. The van der Waals surface area contributed by atoms with Crippen molar-refractivity contribution in [1.82, 2.24) is 10.9 Å². The Kier molecular flexibility index (Phi) is 3.48. The third-order valence-corrected chi connectivity index (χ3v) is 2.99. The Morgan fingerprint density at radius 2 is 2.11 bits per heavy atom. The number of nitro groups is 1. The van der Waals surface area contributed by atoms with Crippen LogP contribution in [0.5, 0.6) is 0 Å². The zero-order chi connectivity index (χ0) is 13.9. The average Bonchev–Trinajstić information content (AvgIpc) is 2.88. The van der Waals surface area contributed by atoms with Crippen molar-refractivity contribution in [3.05, 3.63) is 52.2 Å². The number of nitro benzene ring substituents is 1. The molecule has 0 bridgehead atoms. The number of carbonyl (C=O) groups is 1. The largest absolute Gasteiger partial charge is 0.469 e. The van der Waals surface area contributed by atoms with Crippen LogP contribution in [0.3, 0.4) is 0 Å². The lowest BCUT2D eigenvalue weighted by Gasteiger charge is -2.26. The maximum Gasteiger partial charge on any atom is 0.308 e. The van der Waals surface area contributed by atoms with Crippen molar-refractivity contribution in [2.45, 2.75) is 12.0 Å². The third kappa shape index (κ3) is 2.55. The minimum absolute atomic E-state index is 0.00639. The highest BCUT2D eigenvalue weighted by Crippen LogP contribution is 2.30. The van der Waals surface area contributed by atoms with Crippen LogP contribution in [0.2, 0.25) is 0 Å². The summed E-state index contributed by atoms with van der Waals surface area (Å²) in [5.41, 5.74) is 5.77. The number of nitrogens with one attached hydrogen (secondary N) is 2. The molecule has 0 aromatic heterocycles. The molecule has 100 valence electrons. The molecule has 1 aromatic carbocycles. The van der Waals surface area contributed by atoms with Gasteiger partial charge in [0.25, 0.3) is 5.69 Å². The van der Waals surface area contributed by atoms with E-state index >= 15 is 0 Å². The van der Waals surface area contributed by atoms with Crippen LogP contribution in [-0.2, 0) is 15.1 Å². The van der Waals surface area contributed by atoms with Gasteiger partial charge in [0.15, 0.2) is 0 Å². The summed E-state index contributed by atoms with van der Waals surface area (Å²) in [6, 6.07) is 6.04. The number of esters is 1. The van der Waals surface area contributed by atoms with E-state index in [9.17, 15) is 14.9 Å². The van der Waals surface area contributed by atoms with Gasteiger partial charge in [0, 0.05) is 18.3 Å². The number of rotatable bonds is 4. The lowest BCUT2D eigenvalue weighted by Crippen LogP contribution is -2.43. The van der Waals surface area contributed by atoms with Crippen LogP contribution in [0.25, 0.3) is 0 Å². The van der Waals surface area contributed by atoms with Crippen molar-refractivity contribution >= 4 is 11.7 Å². The number of hydrogen-bond donors (Lipinski definition) is 2. The average molecular weight is 263 g/mol. The van der Waals surface area contributed by atoms with Gasteiger partial charge in [0.05, 0.1) is 24.0 Å². The molecule has 1 aromatic rings. The molecule has 0 aliphatic carbocycles. The van der Waals surface area contributed by atoms with E-state index in [1.807, 2.05) is 0 Å². The second-order valence-electron chi connectivity index (χ2n) is 4.13. The smallest absolute Gasteiger partial charge is 0.308 e. The number of hydrazine groups is 1. The van der Waals surface area contributed by atoms with E-state index in [2.05, 4.69) is 15.6 Å². The molecule has 1 aliphatic heterocycles. The van der Waals surface area contributed by atoms with Crippen LogP contribution in [-0.4, -0.2) is 18.0 Å². The Bertz CT molecular complexity index is 526. The molecular weight excluding hydrogens is 250 g/mol. The van der Waals surface area contributed by atoms with Crippen molar-refractivity contribution in [2.24, 2.45) is 0 Å². The Labute approximate surface area is 109 Å². The highest BCUT2D eigenvalue weighted by molar-refractivity contribution is 5.72. The minimum Gasteiger partial charge on any atom is -0.469 e. The lowest BCUT2D eigenvalue weighted by molar-refractivity contribution is -0.384. The summed E-state index contributed by atoms with van der Waals surface area (Å²) in [7, 11) is 1.32. The Hall–Kier alpha value is -2.41. The van der Waals surface area contributed by atoms with Gasteiger partial charge < -0.3 is 10.2 Å². The second-order valence-corrected chi connectivity index (χ2v) is 4.13. The molecule has 2 N–H and O–H groups in total. The van der Waals surface area contributed by atoms with E-state index in [0.29, 0.717) is 0 Å². The fourth-order valence-corrected chi connectivity index (χ4v) is 1.95. The predicted molar refractivity (Wildman–Crippen MR) is 66.8 cm³/mol. The Morgan fingerprint density at radius 1 is 1.42 bits per heavy atom. The normalized spacial score (nSPS) is 20.9. The van der Waals surface area contributed by atoms with Crippen LogP contribution in [0.1, 0.15) is 12.0 Å². The van der Waals surface area contributed by atoms with E-state index in [-0.39, 0.29) is 18.1 Å². The summed E-state index contributed by atoms with van der Waals surface area (Å²) in [5, 5.41) is 10.6. The highest BCUT2D eigenvalue weighted by Gasteiger charge is 2.35. The van der Waals surface area contributed by atoms with E-state index < -0.39 is 10.5 Å². The van der Waals surface area contributed by atoms with E-state index in [0.717, 1.165) is 5.56 Å². The maximum absolute atomic E-state index is 11.5. The second kappa shape index (κ2) is 5.07. The maximum atomic E-state index is 11.5. The van der Waals surface area contributed by atoms with Gasteiger partial charge in [-0.2, -0.15) is 0 Å². The monoisotopic (exact) mass is 263 g/mol. The van der Waals surface area contributed by atoms with Crippen LogP contribution in [0.15, 0.2) is 36.5 Å². The predicted octanol–water partition coefficient (Wildman–Crippen LogP) is 0.975. The number of benzene rings is 1. The van der Waals surface area contributed by atoms with Gasteiger partial charge in [0.1, 0.15) is 0 Å². The summed E-state index contributed by atoms with van der Waals surface area (Å²) < 4.78 is 4.67. The molecule has 0 fully saturated rings. The molecule has 0 saturated heterocycles. The van der Waals surface area contributed by atoms with Gasteiger partial charge in [-0.1, -0.05) is 0 Å². The van der Waals surface area contributed by atoms with Crippen LogP contribution in [0, 0.1) is 10.1 Å². The van der Waals surface area contributed by atoms with E-state index in [1.165, 1.54) is 19.2 Å². The van der Waals surface area contributed by atoms with Crippen LogP contribution in [0.4, 0.5) is 5.69 Å². The van der Waals surface area contributed by atoms with E-state index in [4.69, 9.17) is 0 Å². The fourth-order valence-electron chi connectivity index (χ4n) is 1.95. The van der Waals surface area contributed by atoms with Crippen molar-refractivity contribution in [3.8, 4) is 0 Å². The standard InChI is InChI=1S/C12H13N3O4/c1-19-11(16)8-12(6-7-13-14-12)9-2-4-10(5-3-9)15(17)18/h2-7,13-14H,8H2,1H3. The van der Waals surface area contributed by atoms with Crippen molar-refractivity contribution in [3.63, 3.8) is 0 Å². The molecule has 0 amide bonds. The molecule has 19 heavy (non-hydrogen) atoms. The molecule has 1 heterocycles. The minimum atomic E-state index is -0.748. The van der Waals surface area contributed by atoms with Gasteiger partial charge in [-0.3, -0.25) is 14.9 Å². The van der Waals surface area contributed by atoms with Gasteiger partial charge in [-0.15, -0.1) is 0 Å². The molecular formula is C12H13N3O4. The molecule has 1 unspecified atom stereocenters. The van der Waals surface area contributed by atoms with Gasteiger partial charge >= 0.3 is 5.97 Å². The molecule has 1 atom stereocenters. The van der Waals surface area contributed by atoms with E-state index in [1.54, 1.807) is 24.4 Å². The van der Waals surface area contributed by atoms with Gasteiger partial charge in [0.2, 0.25) is 0 Å². The molecule has 7 nitrogen and oxygen atoms in total. The van der Waals surface area contributed by atoms with Crippen LogP contribution >= 0.6 is 0 Å². The molecule has 0 saturated carbocycles. The zero-order valence-electron chi connectivity index (χ0n) is 10.3. The summed E-state index contributed by atoms with van der Waals surface area (Å²) in [4.78, 5) is 21.7. The lowest BCUT2D eigenvalue weighted by atomic mass is 9.87. The first kappa shape index (κ1) is 13.0. The first-order valence-corrected chi connectivity index (χ1v) is 5.59. The van der Waals surface area contributed by atoms with Crippen molar-refractivity contribution in [2.75, 3.05) is 7.11 Å². The summed E-state index contributed by atoms with van der Waals surface area (Å²) in [6.45, 7) is 0. The summed E-state index contributed by atoms with van der Waals surface area (Å²) in [6.07, 6.45) is 3.54.